The first-order valence-corrected chi connectivity index (χ1v) is 9.96. The summed E-state index contributed by atoms with van der Waals surface area (Å²) in [5.41, 5.74) is 4.55. The molecule has 5 nitrogen and oxygen atoms in total. The average molecular weight is 365 g/mol. The van der Waals surface area contributed by atoms with Crippen molar-refractivity contribution in [2.75, 3.05) is 7.11 Å². The molecule has 2 aromatic rings. The van der Waals surface area contributed by atoms with Crippen LogP contribution in [0.25, 0.3) is 0 Å². The SMILES string of the molecule is COC(=O)C12C3CC(CC31)C2NCc1c(C)nn(Cc2ccccc2)c1C. The monoisotopic (exact) mass is 365 g/mol. The quantitative estimate of drug-likeness (QED) is 0.800. The Bertz CT molecular complexity index is 876. The number of nitrogens with one attached hydrogen (secondary N) is 1. The number of hydrogen-bond donors (Lipinski definition) is 1. The predicted octanol–water partition coefficient (Wildman–Crippen LogP) is 2.84. The van der Waals surface area contributed by atoms with Crippen LogP contribution in [0.15, 0.2) is 30.3 Å². The van der Waals surface area contributed by atoms with Crippen LogP contribution in [-0.4, -0.2) is 28.9 Å². The van der Waals surface area contributed by atoms with Crippen molar-refractivity contribution >= 4 is 5.97 Å². The Balaban J connectivity index is 1.33. The van der Waals surface area contributed by atoms with Crippen molar-refractivity contribution in [3.63, 3.8) is 0 Å². The van der Waals surface area contributed by atoms with Gasteiger partial charge in [0.05, 0.1) is 24.8 Å². The molecule has 0 amide bonds. The van der Waals surface area contributed by atoms with Gasteiger partial charge in [0.1, 0.15) is 0 Å². The zero-order valence-electron chi connectivity index (χ0n) is 16.2. The van der Waals surface area contributed by atoms with Gasteiger partial charge in [0, 0.05) is 23.8 Å². The fourth-order valence-corrected chi connectivity index (χ4v) is 6.21. The van der Waals surface area contributed by atoms with Gasteiger partial charge in [0.2, 0.25) is 0 Å². The second-order valence-electron chi connectivity index (χ2n) is 8.52. The van der Waals surface area contributed by atoms with E-state index in [9.17, 15) is 4.79 Å². The Morgan fingerprint density at radius 2 is 1.96 bits per heavy atom. The van der Waals surface area contributed by atoms with Crippen LogP contribution < -0.4 is 5.32 Å². The molecule has 27 heavy (non-hydrogen) atoms. The van der Waals surface area contributed by atoms with Crippen LogP contribution in [0.3, 0.4) is 0 Å². The van der Waals surface area contributed by atoms with Gasteiger partial charge in [0.25, 0.3) is 0 Å². The zero-order chi connectivity index (χ0) is 18.8. The Kier molecular flexibility index (Phi) is 3.73. The summed E-state index contributed by atoms with van der Waals surface area (Å²) < 4.78 is 7.27. The van der Waals surface area contributed by atoms with Gasteiger partial charge in [-0.05, 0) is 50.0 Å². The van der Waals surface area contributed by atoms with E-state index >= 15 is 0 Å². The van der Waals surface area contributed by atoms with Gasteiger partial charge < -0.3 is 10.1 Å². The van der Waals surface area contributed by atoms with Gasteiger partial charge in [-0.15, -0.1) is 0 Å². The molecule has 4 saturated carbocycles. The summed E-state index contributed by atoms with van der Waals surface area (Å²) in [4.78, 5) is 12.5. The van der Waals surface area contributed by atoms with Crippen molar-refractivity contribution in [1.29, 1.82) is 0 Å². The van der Waals surface area contributed by atoms with Crippen LogP contribution in [-0.2, 0) is 22.6 Å². The van der Waals surface area contributed by atoms with Crippen LogP contribution >= 0.6 is 0 Å². The van der Waals surface area contributed by atoms with Crippen molar-refractivity contribution in [3.8, 4) is 0 Å². The Morgan fingerprint density at radius 3 is 2.63 bits per heavy atom. The molecule has 0 radical (unpaired) electrons. The van der Waals surface area contributed by atoms with Gasteiger partial charge in [-0.1, -0.05) is 30.3 Å². The molecule has 142 valence electrons. The molecule has 0 spiro atoms. The van der Waals surface area contributed by atoms with Crippen molar-refractivity contribution in [2.24, 2.45) is 23.2 Å². The maximum atomic E-state index is 12.5. The van der Waals surface area contributed by atoms with Crippen LogP contribution in [0.1, 0.15) is 35.4 Å². The maximum Gasteiger partial charge on any atom is 0.313 e. The number of aromatic nitrogens is 2. The summed E-state index contributed by atoms with van der Waals surface area (Å²) in [5.74, 6) is 1.73. The van der Waals surface area contributed by atoms with Crippen molar-refractivity contribution < 1.29 is 9.53 Å². The molecular weight excluding hydrogens is 338 g/mol. The molecule has 3 unspecified atom stereocenters. The minimum Gasteiger partial charge on any atom is -0.469 e. The lowest BCUT2D eigenvalue weighted by Crippen LogP contribution is -2.42. The highest BCUT2D eigenvalue weighted by molar-refractivity contribution is 5.84. The Hall–Kier alpha value is -2.14. The van der Waals surface area contributed by atoms with E-state index in [0.29, 0.717) is 17.8 Å². The highest BCUT2D eigenvalue weighted by Crippen LogP contribution is 2.79. The molecular formula is C22H27N3O2. The molecule has 4 aliphatic rings. The highest BCUT2D eigenvalue weighted by atomic mass is 16.5. The van der Waals surface area contributed by atoms with Gasteiger partial charge >= 0.3 is 5.97 Å². The zero-order valence-corrected chi connectivity index (χ0v) is 16.2. The molecule has 0 saturated heterocycles. The number of nitrogens with zero attached hydrogens (tertiary/aromatic N) is 2. The summed E-state index contributed by atoms with van der Waals surface area (Å²) in [7, 11) is 1.53. The van der Waals surface area contributed by atoms with E-state index in [1.165, 1.54) is 36.8 Å². The second-order valence-corrected chi connectivity index (χ2v) is 8.52. The fourth-order valence-electron chi connectivity index (χ4n) is 6.21. The third-order valence-electron chi connectivity index (χ3n) is 7.45. The molecule has 1 heterocycles. The molecule has 0 aliphatic heterocycles. The Morgan fingerprint density at radius 1 is 1.26 bits per heavy atom. The number of methoxy groups -OCH3 is 1. The first kappa shape index (κ1) is 17.0. The van der Waals surface area contributed by atoms with Gasteiger partial charge in [-0.3, -0.25) is 9.48 Å². The van der Waals surface area contributed by atoms with E-state index in [4.69, 9.17) is 9.84 Å². The lowest BCUT2D eigenvalue weighted by molar-refractivity contribution is -0.148. The first-order chi connectivity index (χ1) is 13.1. The molecule has 1 aromatic heterocycles. The van der Waals surface area contributed by atoms with Crippen molar-refractivity contribution in [2.45, 2.75) is 45.8 Å². The average Bonchev–Trinajstić information content (AvgIpc) is 3.09. The third-order valence-corrected chi connectivity index (χ3v) is 7.45. The number of aryl methyl sites for hydroxylation is 1. The van der Waals surface area contributed by atoms with Gasteiger partial charge in [-0.2, -0.15) is 5.10 Å². The van der Waals surface area contributed by atoms with Gasteiger partial charge in [0.15, 0.2) is 0 Å². The topological polar surface area (TPSA) is 56.1 Å². The van der Waals surface area contributed by atoms with Crippen molar-refractivity contribution in [3.05, 3.63) is 52.8 Å². The smallest absolute Gasteiger partial charge is 0.313 e. The number of carbonyl (C=O) groups excluding carboxylic acids is 1. The van der Waals surface area contributed by atoms with E-state index in [1.807, 2.05) is 6.07 Å². The molecule has 3 atom stereocenters. The first-order valence-electron chi connectivity index (χ1n) is 9.96. The third kappa shape index (κ3) is 2.27. The van der Waals surface area contributed by atoms with Crippen LogP contribution in [0.5, 0.6) is 0 Å². The number of esters is 1. The summed E-state index contributed by atoms with van der Waals surface area (Å²) in [5, 5.41) is 8.50. The number of hydrogen-bond acceptors (Lipinski definition) is 4. The molecule has 1 N–H and O–H groups in total. The number of rotatable bonds is 6. The van der Waals surface area contributed by atoms with Gasteiger partial charge in [-0.25, -0.2) is 0 Å². The molecule has 6 rings (SSSR count). The molecule has 4 aliphatic carbocycles. The maximum absolute atomic E-state index is 12.5. The molecule has 4 fully saturated rings. The second kappa shape index (κ2) is 5.93. The van der Waals surface area contributed by atoms with Crippen molar-refractivity contribution in [1.82, 2.24) is 15.1 Å². The fraction of sp³-hybridized carbons (Fsp3) is 0.545. The van der Waals surface area contributed by atoms with E-state index in [0.717, 1.165) is 18.8 Å². The lowest BCUT2D eigenvalue weighted by Gasteiger charge is -2.23. The number of carbonyl (C=O) groups is 1. The molecule has 4 bridgehead atoms. The summed E-state index contributed by atoms with van der Waals surface area (Å²) in [6, 6.07) is 10.7. The summed E-state index contributed by atoms with van der Waals surface area (Å²) in [6.07, 6.45) is 2.37. The van der Waals surface area contributed by atoms with Crippen LogP contribution in [0.2, 0.25) is 0 Å². The minimum atomic E-state index is -0.235. The van der Waals surface area contributed by atoms with E-state index < -0.39 is 0 Å². The van der Waals surface area contributed by atoms with Crippen LogP contribution in [0, 0.1) is 37.0 Å². The lowest BCUT2D eigenvalue weighted by atomic mass is 9.97. The minimum absolute atomic E-state index is 0.00298. The predicted molar refractivity (Wildman–Crippen MR) is 102 cm³/mol. The summed E-state index contributed by atoms with van der Waals surface area (Å²) >= 11 is 0. The number of benzene rings is 1. The number of ether oxygens (including phenoxy) is 1. The Labute approximate surface area is 160 Å². The molecule has 5 heteroatoms. The van der Waals surface area contributed by atoms with E-state index in [2.05, 4.69) is 48.1 Å². The van der Waals surface area contributed by atoms with E-state index in [-0.39, 0.29) is 17.4 Å². The summed E-state index contributed by atoms with van der Waals surface area (Å²) in [6.45, 7) is 5.78. The normalized spacial score (nSPS) is 32.7. The highest BCUT2D eigenvalue weighted by Gasteiger charge is 2.83. The van der Waals surface area contributed by atoms with Crippen LogP contribution in [0.4, 0.5) is 0 Å². The molecule has 1 aromatic carbocycles. The van der Waals surface area contributed by atoms with E-state index in [1.54, 1.807) is 0 Å². The largest absolute Gasteiger partial charge is 0.469 e. The standard InChI is InChI=1S/C22H27N3O2/c1-13-17(14(2)25(24-13)12-15-7-5-4-6-8-15)11-23-20-16-9-18-19(10-16)22(18,20)21(26)27-3/h4-8,16,18-20,23H,9-12H2,1-3H3.